The average Bonchev–Trinajstić information content (AvgIpc) is 2.87. The van der Waals surface area contributed by atoms with Crippen LogP contribution in [0.15, 0.2) is 36.7 Å². The number of methoxy groups -OCH3 is 1. The molecule has 0 aliphatic carbocycles. The number of hydrogen-bond acceptors (Lipinski definition) is 5. The zero-order valence-electron chi connectivity index (χ0n) is 11.2. The average molecular weight is 270 g/mol. The van der Waals surface area contributed by atoms with Gasteiger partial charge in [-0.25, -0.2) is 4.98 Å². The van der Waals surface area contributed by atoms with Gasteiger partial charge in [0.2, 0.25) is 0 Å². The monoisotopic (exact) mass is 270 g/mol. The van der Waals surface area contributed by atoms with Crippen molar-refractivity contribution in [2.75, 3.05) is 7.11 Å². The van der Waals surface area contributed by atoms with E-state index in [0.717, 1.165) is 11.0 Å². The molecule has 20 heavy (non-hydrogen) atoms. The van der Waals surface area contributed by atoms with Gasteiger partial charge in [-0.05, 0) is 12.1 Å². The van der Waals surface area contributed by atoms with Gasteiger partial charge in [0.25, 0.3) is 0 Å². The molecule has 1 aromatic carbocycles. The fourth-order valence-electron chi connectivity index (χ4n) is 2.14. The van der Waals surface area contributed by atoms with Crippen LogP contribution in [0.4, 0.5) is 0 Å². The van der Waals surface area contributed by atoms with Crippen LogP contribution >= 0.6 is 0 Å². The molecule has 0 bridgehead atoms. The topological polar surface area (TPSA) is 73.1 Å². The van der Waals surface area contributed by atoms with Crippen molar-refractivity contribution in [1.82, 2.24) is 19.7 Å². The number of rotatable bonds is 3. The van der Waals surface area contributed by atoms with Crippen LogP contribution in [0, 0.1) is 0 Å². The summed E-state index contributed by atoms with van der Waals surface area (Å²) in [6.07, 6.45) is 2.20. The Morgan fingerprint density at radius 2 is 1.95 bits per heavy atom. The lowest BCUT2D eigenvalue weighted by Crippen LogP contribution is -2.10. The van der Waals surface area contributed by atoms with Gasteiger partial charge in [0.15, 0.2) is 5.75 Å². The van der Waals surface area contributed by atoms with Crippen LogP contribution in [0.5, 0.6) is 5.75 Å². The highest BCUT2D eigenvalue weighted by Gasteiger charge is 2.21. The Morgan fingerprint density at radius 1 is 1.20 bits per heavy atom. The highest BCUT2D eigenvalue weighted by molar-refractivity contribution is 5.73. The van der Waals surface area contributed by atoms with Crippen LogP contribution in [0.25, 0.3) is 11.0 Å². The second-order valence-electron chi connectivity index (χ2n) is 4.41. The lowest BCUT2D eigenvalue weighted by molar-refractivity contribution is 0.199. The summed E-state index contributed by atoms with van der Waals surface area (Å²) in [6.45, 7) is 0. The first-order valence-electron chi connectivity index (χ1n) is 6.16. The lowest BCUT2D eigenvalue weighted by atomic mass is 10.1. The Hall–Kier alpha value is -2.47. The number of fused-ring (bicyclic) bond motifs is 1. The first-order valence-corrected chi connectivity index (χ1v) is 6.16. The van der Waals surface area contributed by atoms with E-state index < -0.39 is 6.10 Å². The Kier molecular flexibility index (Phi) is 3.08. The molecule has 0 radical (unpaired) electrons. The molecule has 6 heteroatoms. The van der Waals surface area contributed by atoms with Gasteiger partial charge in [0.05, 0.1) is 36.2 Å². The van der Waals surface area contributed by atoms with Crippen molar-refractivity contribution in [1.29, 1.82) is 0 Å². The van der Waals surface area contributed by atoms with E-state index in [0.29, 0.717) is 17.1 Å². The second-order valence-corrected chi connectivity index (χ2v) is 4.41. The molecule has 6 nitrogen and oxygen atoms in total. The van der Waals surface area contributed by atoms with E-state index in [1.165, 1.54) is 0 Å². The summed E-state index contributed by atoms with van der Waals surface area (Å²) in [5.74, 6) is 0.523. The van der Waals surface area contributed by atoms with Crippen molar-refractivity contribution in [2.45, 2.75) is 6.10 Å². The molecule has 3 aromatic rings. The molecule has 2 aromatic heterocycles. The van der Waals surface area contributed by atoms with Gasteiger partial charge in [0.1, 0.15) is 11.8 Å². The molecule has 0 spiro atoms. The van der Waals surface area contributed by atoms with Gasteiger partial charge in [0, 0.05) is 7.05 Å². The van der Waals surface area contributed by atoms with Gasteiger partial charge < -0.3 is 9.84 Å². The van der Waals surface area contributed by atoms with Crippen molar-refractivity contribution < 1.29 is 9.84 Å². The van der Waals surface area contributed by atoms with E-state index >= 15 is 0 Å². The highest BCUT2D eigenvalue weighted by Crippen LogP contribution is 2.28. The molecule has 1 unspecified atom stereocenters. The predicted octanol–water partition coefficient (Wildman–Crippen LogP) is 1.45. The molecule has 2 heterocycles. The standard InChI is InChI=1S/C14H14N4O2/c1-18-13(12(20-2)8-16-18)14(19)11-7-15-9-5-3-4-6-10(9)17-11/h3-8,14,19H,1-2H3. The largest absolute Gasteiger partial charge is 0.493 e. The fourth-order valence-corrected chi connectivity index (χ4v) is 2.14. The molecule has 3 rings (SSSR count). The molecule has 0 saturated heterocycles. The lowest BCUT2D eigenvalue weighted by Gasteiger charge is -2.12. The van der Waals surface area contributed by atoms with Crippen LogP contribution in [0.2, 0.25) is 0 Å². The minimum absolute atomic E-state index is 0.464. The van der Waals surface area contributed by atoms with Gasteiger partial charge in [-0.2, -0.15) is 5.10 Å². The number of para-hydroxylation sites is 2. The third-order valence-electron chi connectivity index (χ3n) is 3.18. The van der Waals surface area contributed by atoms with Gasteiger partial charge in [-0.1, -0.05) is 12.1 Å². The molecule has 102 valence electrons. The Balaban J connectivity index is 2.07. The Labute approximate surface area is 115 Å². The van der Waals surface area contributed by atoms with Crippen LogP contribution < -0.4 is 4.74 Å². The Morgan fingerprint density at radius 3 is 2.70 bits per heavy atom. The fraction of sp³-hybridized carbons (Fsp3) is 0.214. The molecule has 1 atom stereocenters. The summed E-state index contributed by atoms with van der Waals surface area (Å²) in [6, 6.07) is 7.53. The number of hydrogen-bond donors (Lipinski definition) is 1. The van der Waals surface area contributed by atoms with Gasteiger partial charge in [-0.15, -0.1) is 0 Å². The predicted molar refractivity (Wildman–Crippen MR) is 73.4 cm³/mol. The van der Waals surface area contributed by atoms with Crippen LogP contribution in [-0.2, 0) is 7.05 Å². The third kappa shape index (κ3) is 2.00. The maximum atomic E-state index is 10.5. The van der Waals surface area contributed by atoms with Crippen molar-refractivity contribution in [3.63, 3.8) is 0 Å². The van der Waals surface area contributed by atoms with Crippen LogP contribution in [0.1, 0.15) is 17.5 Å². The van der Waals surface area contributed by atoms with E-state index in [9.17, 15) is 5.11 Å². The molecule has 0 aliphatic heterocycles. The van der Waals surface area contributed by atoms with E-state index in [2.05, 4.69) is 15.1 Å². The third-order valence-corrected chi connectivity index (χ3v) is 3.18. The highest BCUT2D eigenvalue weighted by atomic mass is 16.5. The van der Waals surface area contributed by atoms with Crippen molar-refractivity contribution >= 4 is 11.0 Å². The first-order chi connectivity index (χ1) is 9.70. The minimum Gasteiger partial charge on any atom is -0.493 e. The number of aryl methyl sites for hydroxylation is 1. The number of benzene rings is 1. The maximum absolute atomic E-state index is 10.5. The second kappa shape index (κ2) is 4.90. The molecule has 0 saturated carbocycles. The van der Waals surface area contributed by atoms with Crippen LogP contribution in [0.3, 0.4) is 0 Å². The van der Waals surface area contributed by atoms with Crippen molar-refractivity contribution in [2.24, 2.45) is 7.05 Å². The zero-order valence-corrected chi connectivity index (χ0v) is 11.2. The first kappa shape index (κ1) is 12.6. The molecule has 0 amide bonds. The summed E-state index contributed by atoms with van der Waals surface area (Å²) >= 11 is 0. The van der Waals surface area contributed by atoms with Crippen molar-refractivity contribution in [3.05, 3.63) is 48.0 Å². The summed E-state index contributed by atoms with van der Waals surface area (Å²) in [5.41, 5.74) is 2.55. The maximum Gasteiger partial charge on any atom is 0.163 e. The number of nitrogens with zero attached hydrogens (tertiary/aromatic N) is 4. The van der Waals surface area contributed by atoms with Gasteiger partial charge >= 0.3 is 0 Å². The number of aromatic nitrogens is 4. The quantitative estimate of drug-likeness (QED) is 0.780. The Bertz CT molecular complexity index is 754. The molecule has 0 fully saturated rings. The van der Waals surface area contributed by atoms with Crippen molar-refractivity contribution in [3.8, 4) is 5.75 Å². The SMILES string of the molecule is COc1cnn(C)c1C(O)c1cnc2ccccc2n1. The van der Waals surface area contributed by atoms with E-state index in [1.807, 2.05) is 24.3 Å². The number of ether oxygens (including phenoxy) is 1. The normalized spacial score (nSPS) is 12.6. The molecule has 0 aliphatic rings. The summed E-state index contributed by atoms with van der Waals surface area (Å²) in [5, 5.41) is 14.6. The van der Waals surface area contributed by atoms with Crippen LogP contribution in [-0.4, -0.2) is 32.0 Å². The summed E-state index contributed by atoms with van der Waals surface area (Å²) in [7, 11) is 3.29. The van der Waals surface area contributed by atoms with Gasteiger partial charge in [-0.3, -0.25) is 9.67 Å². The summed E-state index contributed by atoms with van der Waals surface area (Å²) < 4.78 is 6.77. The van der Waals surface area contributed by atoms with E-state index in [-0.39, 0.29) is 0 Å². The number of aliphatic hydroxyl groups excluding tert-OH is 1. The smallest absolute Gasteiger partial charge is 0.163 e. The zero-order chi connectivity index (χ0) is 14.1. The van der Waals surface area contributed by atoms with E-state index in [1.54, 1.807) is 31.2 Å². The minimum atomic E-state index is -0.936. The van der Waals surface area contributed by atoms with E-state index in [4.69, 9.17) is 4.74 Å². The number of aliphatic hydroxyl groups is 1. The molecular weight excluding hydrogens is 256 g/mol. The molecular formula is C14H14N4O2. The molecule has 1 N–H and O–H groups in total. The summed E-state index contributed by atoms with van der Waals surface area (Å²) in [4.78, 5) is 8.74.